The van der Waals surface area contributed by atoms with E-state index >= 15 is 0 Å². The summed E-state index contributed by atoms with van der Waals surface area (Å²) in [4.78, 5) is 59.0. The van der Waals surface area contributed by atoms with Gasteiger partial charge in [0.15, 0.2) is 12.4 Å². The molecule has 2 aliphatic heterocycles. The summed E-state index contributed by atoms with van der Waals surface area (Å²) in [6, 6.07) is 8.24. The van der Waals surface area contributed by atoms with Gasteiger partial charge in [0.1, 0.15) is 5.75 Å². The fraction of sp³-hybridized carbons (Fsp3) is 0.370. The Hall–Kier alpha value is -4.32. The van der Waals surface area contributed by atoms with Crippen LogP contribution in [-0.2, 0) is 20.8 Å². The summed E-state index contributed by atoms with van der Waals surface area (Å²) in [5.74, 6) is -2.20. The molecular weight excluding hydrogens is 542 g/mol. The van der Waals surface area contributed by atoms with Gasteiger partial charge < -0.3 is 25.7 Å². The summed E-state index contributed by atoms with van der Waals surface area (Å²) >= 11 is 6.20. The van der Waals surface area contributed by atoms with Crippen LogP contribution >= 0.6 is 11.6 Å². The van der Waals surface area contributed by atoms with Crippen molar-refractivity contribution in [2.24, 2.45) is 11.1 Å². The number of carboxylic acids is 1. The third-order valence-corrected chi connectivity index (χ3v) is 7.06. The third kappa shape index (κ3) is 6.12. The Morgan fingerprint density at radius 2 is 2.05 bits per heavy atom. The molecule has 2 aromatic rings. The van der Waals surface area contributed by atoms with Crippen LogP contribution in [0.1, 0.15) is 47.3 Å². The molecule has 1 saturated heterocycles. The van der Waals surface area contributed by atoms with Crippen molar-refractivity contribution in [1.29, 1.82) is 0 Å². The summed E-state index contributed by atoms with van der Waals surface area (Å²) < 4.78 is 5.44. The van der Waals surface area contributed by atoms with E-state index in [1.54, 1.807) is 24.3 Å². The minimum atomic E-state index is -1.16. The van der Waals surface area contributed by atoms with E-state index in [1.807, 2.05) is 6.92 Å². The first-order valence-corrected chi connectivity index (χ1v) is 13.1. The number of imide groups is 1. The first kappa shape index (κ1) is 28.7. The number of halogens is 1. The maximum Gasteiger partial charge on any atom is 0.337 e. The van der Waals surface area contributed by atoms with Crippen molar-refractivity contribution in [3.63, 3.8) is 0 Å². The first-order valence-electron chi connectivity index (χ1n) is 12.7. The molecule has 2 aromatic carbocycles. The van der Waals surface area contributed by atoms with E-state index in [0.717, 1.165) is 4.90 Å². The van der Waals surface area contributed by atoms with Crippen LogP contribution in [0.25, 0.3) is 0 Å². The van der Waals surface area contributed by atoms with Crippen molar-refractivity contribution in [2.45, 2.75) is 32.2 Å². The molecule has 0 saturated carbocycles. The van der Waals surface area contributed by atoms with Gasteiger partial charge in [-0.3, -0.25) is 19.4 Å². The number of nitrogen functional groups attached to an aromatic ring is 1. The summed E-state index contributed by atoms with van der Waals surface area (Å²) in [5, 5.41) is 16.6. The van der Waals surface area contributed by atoms with Gasteiger partial charge in [0.05, 0.1) is 31.2 Å². The number of rotatable bonds is 8. The lowest BCUT2D eigenvalue weighted by Crippen LogP contribution is -2.49. The number of hydrogen-bond donors (Lipinski definition) is 3. The number of amidine groups is 1. The number of fused-ring (bicyclic) bond motifs is 1. The molecule has 0 bridgehead atoms. The van der Waals surface area contributed by atoms with Crippen LogP contribution < -0.4 is 15.8 Å². The maximum absolute atomic E-state index is 13.8. The molecule has 0 aromatic heterocycles. The van der Waals surface area contributed by atoms with Gasteiger partial charge in [-0.25, -0.2) is 9.59 Å². The number of aromatic carboxylic acids is 1. The van der Waals surface area contributed by atoms with Crippen LogP contribution in [0.3, 0.4) is 0 Å². The molecular formula is C27H30ClN5O7. The third-order valence-electron chi connectivity index (χ3n) is 6.83. The second-order valence-corrected chi connectivity index (χ2v) is 9.95. The number of oxime groups is 1. The monoisotopic (exact) mass is 571 g/mol. The van der Waals surface area contributed by atoms with Crippen LogP contribution in [-0.4, -0.2) is 71.4 Å². The summed E-state index contributed by atoms with van der Waals surface area (Å²) in [6.07, 6.45) is 1.33. The number of methoxy groups -OCH3 is 1. The highest BCUT2D eigenvalue weighted by atomic mass is 35.5. The Bertz CT molecular complexity index is 1360. The zero-order valence-electron chi connectivity index (χ0n) is 22.1. The molecule has 40 heavy (non-hydrogen) atoms. The van der Waals surface area contributed by atoms with Crippen LogP contribution in [0.15, 0.2) is 41.6 Å². The van der Waals surface area contributed by atoms with Gasteiger partial charge in [0.2, 0.25) is 5.91 Å². The number of amides is 4. The lowest BCUT2D eigenvalue weighted by molar-refractivity contribution is -0.135. The SMILES string of the molecule is CCC[C@@H](NC(=O)N1CC2=NOCC(=O)N2C[C@H](Cc2cc(Cl)ccc2OC)C1=O)c1ccc(C(=O)O)c(N)c1. The number of ether oxygens (including phenoxy) is 1. The van der Waals surface area contributed by atoms with Crippen molar-refractivity contribution >= 4 is 46.9 Å². The number of hydrogen-bond acceptors (Lipinski definition) is 8. The Labute approximate surface area is 235 Å². The van der Waals surface area contributed by atoms with Gasteiger partial charge >= 0.3 is 12.0 Å². The molecule has 4 N–H and O–H groups in total. The van der Waals surface area contributed by atoms with E-state index in [0.29, 0.717) is 34.7 Å². The predicted octanol–water partition coefficient (Wildman–Crippen LogP) is 3.05. The molecule has 4 rings (SSSR count). The Morgan fingerprint density at radius 1 is 1.27 bits per heavy atom. The fourth-order valence-corrected chi connectivity index (χ4v) is 5.01. The van der Waals surface area contributed by atoms with Crippen molar-refractivity contribution in [3.05, 3.63) is 58.1 Å². The second-order valence-electron chi connectivity index (χ2n) is 9.51. The number of nitrogens with two attached hydrogens (primary N) is 1. The highest BCUT2D eigenvalue weighted by molar-refractivity contribution is 6.30. The van der Waals surface area contributed by atoms with E-state index < -0.39 is 29.9 Å². The smallest absolute Gasteiger partial charge is 0.337 e. The second kappa shape index (κ2) is 12.2. The molecule has 2 heterocycles. The van der Waals surface area contributed by atoms with Crippen molar-refractivity contribution in [1.82, 2.24) is 15.1 Å². The molecule has 1 fully saturated rings. The Kier molecular flexibility index (Phi) is 8.78. The van der Waals surface area contributed by atoms with Gasteiger partial charge in [-0.2, -0.15) is 0 Å². The zero-order valence-corrected chi connectivity index (χ0v) is 22.8. The molecule has 212 valence electrons. The van der Waals surface area contributed by atoms with Crippen molar-refractivity contribution < 1.29 is 33.9 Å². The van der Waals surface area contributed by atoms with Crippen molar-refractivity contribution in [3.8, 4) is 5.75 Å². The molecule has 4 amide bonds. The average molecular weight is 572 g/mol. The molecule has 0 radical (unpaired) electrons. The first-order chi connectivity index (χ1) is 19.1. The quantitative estimate of drug-likeness (QED) is 0.407. The maximum atomic E-state index is 13.8. The molecule has 2 atom stereocenters. The van der Waals surface area contributed by atoms with E-state index in [1.165, 1.54) is 24.1 Å². The van der Waals surface area contributed by atoms with Gasteiger partial charge in [0, 0.05) is 17.3 Å². The Balaban J connectivity index is 1.65. The number of benzene rings is 2. The predicted molar refractivity (Wildman–Crippen MR) is 146 cm³/mol. The molecule has 0 unspecified atom stereocenters. The lowest BCUT2D eigenvalue weighted by Gasteiger charge is -2.27. The van der Waals surface area contributed by atoms with E-state index in [-0.39, 0.29) is 49.1 Å². The normalized spacial score (nSPS) is 17.8. The van der Waals surface area contributed by atoms with Crippen LogP contribution in [0.4, 0.5) is 10.5 Å². The number of carbonyl (C=O) groups excluding carboxylic acids is 3. The van der Waals surface area contributed by atoms with Crippen LogP contribution in [0.2, 0.25) is 5.02 Å². The van der Waals surface area contributed by atoms with E-state index in [2.05, 4.69) is 10.5 Å². The number of nitrogens with zero attached hydrogens (tertiary/aromatic N) is 3. The van der Waals surface area contributed by atoms with Crippen LogP contribution in [0.5, 0.6) is 5.75 Å². The number of carbonyl (C=O) groups is 4. The fourth-order valence-electron chi connectivity index (χ4n) is 4.82. The summed E-state index contributed by atoms with van der Waals surface area (Å²) in [6.45, 7) is 1.37. The number of nitrogens with one attached hydrogen (secondary N) is 1. The highest BCUT2D eigenvalue weighted by Gasteiger charge is 2.41. The van der Waals surface area contributed by atoms with Gasteiger partial charge in [-0.1, -0.05) is 36.2 Å². The lowest BCUT2D eigenvalue weighted by atomic mass is 9.96. The van der Waals surface area contributed by atoms with Gasteiger partial charge in [0.25, 0.3) is 5.91 Å². The number of anilines is 1. The van der Waals surface area contributed by atoms with Gasteiger partial charge in [-0.15, -0.1) is 0 Å². The summed E-state index contributed by atoms with van der Waals surface area (Å²) in [5.41, 5.74) is 7.19. The molecule has 0 spiro atoms. The Morgan fingerprint density at radius 3 is 2.73 bits per heavy atom. The molecule has 12 nitrogen and oxygen atoms in total. The average Bonchev–Trinajstić information content (AvgIpc) is 3.05. The van der Waals surface area contributed by atoms with E-state index in [9.17, 15) is 24.3 Å². The highest BCUT2D eigenvalue weighted by Crippen LogP contribution is 2.29. The molecule has 2 aliphatic rings. The molecule has 13 heteroatoms. The minimum Gasteiger partial charge on any atom is -0.496 e. The number of urea groups is 1. The largest absolute Gasteiger partial charge is 0.496 e. The topological polar surface area (TPSA) is 164 Å². The van der Waals surface area contributed by atoms with Crippen molar-refractivity contribution in [2.75, 3.05) is 32.5 Å². The van der Waals surface area contributed by atoms with Gasteiger partial charge in [-0.05, 0) is 54.3 Å². The minimum absolute atomic E-state index is 0.00905. The molecule has 0 aliphatic carbocycles. The standard InChI is InChI=1S/C27H30ClN5O7/c1-3-4-21(15-5-7-19(26(36)37)20(29)11-15)30-27(38)33-13-23-31-40-14-24(34)32(23)12-17(25(33)35)9-16-10-18(28)6-8-22(16)39-2/h5-8,10-11,17,21H,3-4,9,12-14,29H2,1-2H3,(H,30,38)(H,36,37)/t17-,21+/m0/s1. The van der Waals surface area contributed by atoms with E-state index in [4.69, 9.17) is 26.9 Å². The summed E-state index contributed by atoms with van der Waals surface area (Å²) in [7, 11) is 1.50. The number of carboxylic acid groups (broad SMARTS) is 1. The zero-order chi connectivity index (χ0) is 29.0. The van der Waals surface area contributed by atoms with Crippen LogP contribution in [0, 0.1) is 5.92 Å².